The first-order valence-electron chi connectivity index (χ1n) is 8.06. The molecule has 24 heavy (non-hydrogen) atoms. The molecular weight excluding hydrogens is 304 g/mol. The lowest BCUT2D eigenvalue weighted by Crippen LogP contribution is -2.36. The lowest BCUT2D eigenvalue weighted by atomic mass is 10.1. The van der Waals surface area contributed by atoms with Crippen molar-refractivity contribution in [3.05, 3.63) is 53.0 Å². The van der Waals surface area contributed by atoms with E-state index in [-0.39, 0.29) is 18.6 Å². The van der Waals surface area contributed by atoms with E-state index in [0.717, 1.165) is 17.1 Å². The molecule has 0 aliphatic carbocycles. The molecule has 0 unspecified atom stereocenters. The van der Waals surface area contributed by atoms with Crippen LogP contribution in [0.2, 0.25) is 0 Å². The fourth-order valence-corrected chi connectivity index (χ4v) is 2.38. The van der Waals surface area contributed by atoms with Crippen LogP contribution in [0.4, 0.5) is 0 Å². The van der Waals surface area contributed by atoms with E-state index < -0.39 is 0 Å². The summed E-state index contributed by atoms with van der Waals surface area (Å²) in [6, 6.07) is 9.67. The van der Waals surface area contributed by atoms with Gasteiger partial charge in [-0.2, -0.15) is 0 Å². The molecule has 0 spiro atoms. The van der Waals surface area contributed by atoms with Crippen LogP contribution in [0.3, 0.4) is 0 Å². The van der Waals surface area contributed by atoms with Gasteiger partial charge in [0.05, 0.1) is 6.04 Å². The molecule has 0 saturated carbocycles. The van der Waals surface area contributed by atoms with Crippen LogP contribution in [0.1, 0.15) is 28.7 Å². The smallest absolute Gasteiger partial charge is 0.258 e. The predicted octanol–water partition coefficient (Wildman–Crippen LogP) is 3.00. The third kappa shape index (κ3) is 4.86. The van der Waals surface area contributed by atoms with Crippen LogP contribution >= 0.6 is 0 Å². The number of likely N-dealkylation sites (N-methyl/N-ethyl adjacent to an activating group) is 1. The van der Waals surface area contributed by atoms with Crippen molar-refractivity contribution >= 4 is 5.91 Å². The van der Waals surface area contributed by atoms with Gasteiger partial charge in [-0.3, -0.25) is 9.69 Å². The Hall–Kier alpha value is -2.27. The minimum Gasteiger partial charge on any atom is -0.484 e. The molecule has 1 aromatic heterocycles. The number of benzene rings is 1. The number of carbonyl (C=O) groups excluding carboxylic acids is 1. The maximum Gasteiger partial charge on any atom is 0.258 e. The van der Waals surface area contributed by atoms with Crippen molar-refractivity contribution in [2.75, 3.05) is 27.2 Å². The lowest BCUT2D eigenvalue weighted by Gasteiger charge is -2.22. The largest absolute Gasteiger partial charge is 0.484 e. The van der Waals surface area contributed by atoms with Crippen molar-refractivity contribution in [1.29, 1.82) is 0 Å². The molecule has 5 heteroatoms. The van der Waals surface area contributed by atoms with E-state index in [1.807, 2.05) is 70.1 Å². The summed E-state index contributed by atoms with van der Waals surface area (Å²) in [4.78, 5) is 14.1. The third-order valence-corrected chi connectivity index (χ3v) is 4.05. The van der Waals surface area contributed by atoms with Crippen molar-refractivity contribution < 1.29 is 13.9 Å². The van der Waals surface area contributed by atoms with E-state index >= 15 is 0 Å². The number of aryl methyl sites for hydroxylation is 3. The van der Waals surface area contributed by atoms with Gasteiger partial charge < -0.3 is 14.5 Å². The number of furan rings is 1. The second-order valence-corrected chi connectivity index (χ2v) is 6.27. The summed E-state index contributed by atoms with van der Waals surface area (Å²) in [5.41, 5.74) is 2.35. The Balaban J connectivity index is 1.86. The topological polar surface area (TPSA) is 54.7 Å². The zero-order chi connectivity index (χ0) is 17.7. The van der Waals surface area contributed by atoms with Crippen LogP contribution in [-0.4, -0.2) is 38.1 Å². The molecule has 2 aromatic rings. The number of ether oxygens (including phenoxy) is 1. The second-order valence-electron chi connectivity index (χ2n) is 6.27. The van der Waals surface area contributed by atoms with Gasteiger partial charge >= 0.3 is 0 Å². The van der Waals surface area contributed by atoms with E-state index in [9.17, 15) is 4.79 Å². The van der Waals surface area contributed by atoms with Gasteiger partial charge in [-0.15, -0.1) is 0 Å². The summed E-state index contributed by atoms with van der Waals surface area (Å²) in [5, 5.41) is 2.90. The Morgan fingerprint density at radius 1 is 1.17 bits per heavy atom. The van der Waals surface area contributed by atoms with Crippen molar-refractivity contribution in [3.63, 3.8) is 0 Å². The normalized spacial score (nSPS) is 12.2. The second kappa shape index (κ2) is 8.02. The highest BCUT2D eigenvalue weighted by atomic mass is 16.5. The summed E-state index contributed by atoms with van der Waals surface area (Å²) in [5.74, 6) is 2.26. The fourth-order valence-electron chi connectivity index (χ4n) is 2.38. The van der Waals surface area contributed by atoms with Crippen LogP contribution in [-0.2, 0) is 4.79 Å². The SMILES string of the molecule is Cc1ccc([C@H](CNC(=O)COc2ccc(C)c(C)c2)N(C)C)o1. The molecule has 1 atom stereocenters. The summed E-state index contributed by atoms with van der Waals surface area (Å²) in [7, 11) is 3.92. The van der Waals surface area contributed by atoms with E-state index in [1.165, 1.54) is 5.56 Å². The van der Waals surface area contributed by atoms with E-state index in [2.05, 4.69) is 5.32 Å². The van der Waals surface area contributed by atoms with Crippen molar-refractivity contribution in [1.82, 2.24) is 10.2 Å². The van der Waals surface area contributed by atoms with Crippen LogP contribution < -0.4 is 10.1 Å². The van der Waals surface area contributed by atoms with Crippen LogP contribution in [0.15, 0.2) is 34.7 Å². The van der Waals surface area contributed by atoms with Gasteiger partial charge in [0, 0.05) is 6.54 Å². The molecule has 1 amide bonds. The van der Waals surface area contributed by atoms with Gasteiger partial charge in [-0.25, -0.2) is 0 Å². The highest BCUT2D eigenvalue weighted by Gasteiger charge is 2.18. The minimum atomic E-state index is -0.150. The molecule has 2 rings (SSSR count). The number of rotatable bonds is 7. The average Bonchev–Trinajstić information content (AvgIpc) is 2.94. The number of carbonyl (C=O) groups is 1. The first kappa shape index (κ1) is 18.1. The van der Waals surface area contributed by atoms with Crippen LogP contribution in [0, 0.1) is 20.8 Å². The van der Waals surface area contributed by atoms with Crippen molar-refractivity contribution in [2.45, 2.75) is 26.8 Å². The first-order chi connectivity index (χ1) is 11.4. The molecule has 1 aromatic carbocycles. The molecule has 0 aliphatic rings. The number of amides is 1. The summed E-state index contributed by atoms with van der Waals surface area (Å²) < 4.78 is 11.2. The highest BCUT2D eigenvalue weighted by molar-refractivity contribution is 5.77. The maximum absolute atomic E-state index is 12.0. The quantitative estimate of drug-likeness (QED) is 0.848. The van der Waals surface area contributed by atoms with Crippen molar-refractivity contribution in [2.24, 2.45) is 0 Å². The van der Waals surface area contributed by atoms with E-state index in [4.69, 9.17) is 9.15 Å². The van der Waals surface area contributed by atoms with Crippen molar-refractivity contribution in [3.8, 4) is 5.75 Å². The Morgan fingerprint density at radius 2 is 1.92 bits per heavy atom. The average molecular weight is 330 g/mol. The summed E-state index contributed by atoms with van der Waals surface area (Å²) >= 11 is 0. The van der Waals surface area contributed by atoms with Gasteiger partial charge in [-0.1, -0.05) is 6.07 Å². The molecule has 0 radical (unpaired) electrons. The van der Waals surface area contributed by atoms with Gasteiger partial charge in [0.1, 0.15) is 17.3 Å². The van der Waals surface area contributed by atoms with Gasteiger partial charge in [0.25, 0.3) is 5.91 Å². The molecule has 0 aliphatic heterocycles. The third-order valence-electron chi connectivity index (χ3n) is 4.05. The number of hydrogen-bond acceptors (Lipinski definition) is 4. The van der Waals surface area contributed by atoms with Crippen LogP contribution in [0.25, 0.3) is 0 Å². The Labute approximate surface area is 143 Å². The highest BCUT2D eigenvalue weighted by Crippen LogP contribution is 2.20. The molecule has 0 saturated heterocycles. The Bertz CT molecular complexity index is 692. The molecule has 1 heterocycles. The Kier molecular flexibility index (Phi) is 6.04. The van der Waals surface area contributed by atoms with Gasteiger partial charge in [0.15, 0.2) is 6.61 Å². The van der Waals surface area contributed by atoms with E-state index in [1.54, 1.807) is 0 Å². The molecule has 0 bridgehead atoms. The predicted molar refractivity (Wildman–Crippen MR) is 94.3 cm³/mol. The molecule has 130 valence electrons. The molecule has 1 N–H and O–H groups in total. The summed E-state index contributed by atoms with van der Waals surface area (Å²) in [6.07, 6.45) is 0. The van der Waals surface area contributed by atoms with E-state index in [0.29, 0.717) is 12.3 Å². The molecule has 5 nitrogen and oxygen atoms in total. The standard InChI is InChI=1S/C19H26N2O3/c1-13-6-8-16(10-14(13)2)23-12-19(22)20-11-17(21(4)5)18-9-7-15(3)24-18/h6-10,17H,11-12H2,1-5H3,(H,20,22)/t17-/m0/s1. The number of nitrogens with one attached hydrogen (secondary N) is 1. The molecule has 0 fully saturated rings. The Morgan fingerprint density at radius 3 is 2.50 bits per heavy atom. The van der Waals surface area contributed by atoms with Gasteiger partial charge in [-0.05, 0) is 70.3 Å². The zero-order valence-corrected chi connectivity index (χ0v) is 15.1. The fraction of sp³-hybridized carbons (Fsp3) is 0.421. The van der Waals surface area contributed by atoms with Gasteiger partial charge in [0.2, 0.25) is 0 Å². The molecular formula is C19H26N2O3. The lowest BCUT2D eigenvalue weighted by molar-refractivity contribution is -0.123. The maximum atomic E-state index is 12.0. The minimum absolute atomic E-state index is 0.000167. The number of hydrogen-bond donors (Lipinski definition) is 1. The van der Waals surface area contributed by atoms with Crippen LogP contribution in [0.5, 0.6) is 5.75 Å². The summed E-state index contributed by atoms with van der Waals surface area (Å²) in [6.45, 7) is 6.44. The monoisotopic (exact) mass is 330 g/mol. The first-order valence-corrected chi connectivity index (χ1v) is 8.06. The number of nitrogens with zero attached hydrogens (tertiary/aromatic N) is 1. The zero-order valence-electron chi connectivity index (χ0n) is 15.1.